The van der Waals surface area contributed by atoms with Crippen LogP contribution in [0.15, 0.2) is 17.0 Å². The van der Waals surface area contributed by atoms with E-state index in [2.05, 4.69) is 0 Å². The third kappa shape index (κ3) is 3.33. The van der Waals surface area contributed by atoms with Gasteiger partial charge in [-0.2, -0.15) is 4.31 Å². The highest BCUT2D eigenvalue weighted by molar-refractivity contribution is 7.89. The summed E-state index contributed by atoms with van der Waals surface area (Å²) in [6.45, 7) is 2.05. The summed E-state index contributed by atoms with van der Waals surface area (Å²) in [6, 6.07) is 0.311. The zero-order valence-electron chi connectivity index (χ0n) is 11.2. The van der Waals surface area contributed by atoms with Crippen LogP contribution in [0.4, 0.5) is 13.2 Å². The zero-order chi connectivity index (χ0) is 15.1. The van der Waals surface area contributed by atoms with E-state index in [1.54, 1.807) is 6.92 Å². The van der Waals surface area contributed by atoms with E-state index in [9.17, 15) is 21.6 Å². The lowest BCUT2D eigenvalue weighted by atomic mass is 10.1. The largest absolute Gasteiger partial charge is 0.330 e. The van der Waals surface area contributed by atoms with Gasteiger partial charge in [-0.05, 0) is 25.8 Å². The Kier molecular flexibility index (Phi) is 5.65. The van der Waals surface area contributed by atoms with Crippen molar-refractivity contribution in [3.8, 4) is 0 Å². The van der Waals surface area contributed by atoms with E-state index in [1.807, 2.05) is 0 Å². The van der Waals surface area contributed by atoms with Gasteiger partial charge in [-0.1, -0.05) is 0 Å². The molecular weight excluding hydrogens is 329 g/mol. The lowest BCUT2D eigenvalue weighted by molar-refractivity contribution is 0.395. The molecule has 0 saturated carbocycles. The van der Waals surface area contributed by atoms with Gasteiger partial charge in [0.15, 0.2) is 4.90 Å². The Hall–Kier alpha value is -0.830. The lowest BCUT2D eigenvalue weighted by Gasteiger charge is -2.21. The van der Waals surface area contributed by atoms with Gasteiger partial charge >= 0.3 is 0 Å². The second kappa shape index (κ2) is 6.51. The summed E-state index contributed by atoms with van der Waals surface area (Å²) in [4.78, 5) is -1.11. The molecule has 21 heavy (non-hydrogen) atoms. The van der Waals surface area contributed by atoms with Crippen LogP contribution < -0.4 is 5.73 Å². The van der Waals surface area contributed by atoms with E-state index in [4.69, 9.17) is 5.73 Å². The molecule has 1 aromatic rings. The van der Waals surface area contributed by atoms with Gasteiger partial charge in [-0.25, -0.2) is 21.6 Å². The Bertz CT molecular complexity index is 604. The van der Waals surface area contributed by atoms with E-state index in [1.165, 1.54) is 0 Å². The summed E-state index contributed by atoms with van der Waals surface area (Å²) >= 11 is 0. The molecule has 4 nitrogen and oxygen atoms in total. The Morgan fingerprint density at radius 3 is 2.24 bits per heavy atom. The fraction of sp³-hybridized carbons (Fsp3) is 0.500. The minimum Gasteiger partial charge on any atom is -0.330 e. The predicted octanol–water partition coefficient (Wildman–Crippen LogP) is 1.88. The average molecular weight is 345 g/mol. The topological polar surface area (TPSA) is 63.4 Å². The quantitative estimate of drug-likeness (QED) is 0.910. The van der Waals surface area contributed by atoms with Crippen LogP contribution in [-0.2, 0) is 10.0 Å². The normalized spacial score (nSPS) is 23.1. The number of hydrogen-bond donors (Lipinski definition) is 1. The van der Waals surface area contributed by atoms with Crippen molar-refractivity contribution >= 4 is 22.4 Å². The van der Waals surface area contributed by atoms with Crippen molar-refractivity contribution in [1.82, 2.24) is 4.31 Å². The molecule has 1 fully saturated rings. The van der Waals surface area contributed by atoms with Crippen LogP contribution in [0.5, 0.6) is 0 Å². The predicted molar refractivity (Wildman–Crippen MR) is 74.1 cm³/mol. The van der Waals surface area contributed by atoms with Gasteiger partial charge in [0.1, 0.15) is 17.5 Å². The highest BCUT2D eigenvalue weighted by Gasteiger charge is 2.40. The fourth-order valence-electron chi connectivity index (χ4n) is 2.51. The highest BCUT2D eigenvalue weighted by Crippen LogP contribution is 2.31. The minimum absolute atomic E-state index is 0. The molecule has 1 saturated heterocycles. The Morgan fingerprint density at radius 2 is 1.81 bits per heavy atom. The number of nitrogens with two attached hydrogens (primary N) is 1. The highest BCUT2D eigenvalue weighted by atomic mass is 35.5. The number of sulfonamides is 1. The van der Waals surface area contributed by atoms with Gasteiger partial charge < -0.3 is 5.73 Å². The summed E-state index contributed by atoms with van der Waals surface area (Å²) in [7, 11) is -4.35. The molecule has 0 aliphatic carbocycles. The summed E-state index contributed by atoms with van der Waals surface area (Å²) in [6.07, 6.45) is 0.528. The molecule has 1 aliphatic heterocycles. The van der Waals surface area contributed by atoms with E-state index >= 15 is 0 Å². The molecular formula is C12H16ClF3N2O2S. The SMILES string of the molecule is CC1CC(CN)CN1S(=O)(=O)c1c(F)cc(F)cc1F.Cl. The van der Waals surface area contributed by atoms with Crippen LogP contribution in [0, 0.1) is 23.4 Å². The summed E-state index contributed by atoms with van der Waals surface area (Å²) in [5.41, 5.74) is 5.50. The van der Waals surface area contributed by atoms with Gasteiger partial charge in [0.05, 0.1) is 0 Å². The molecule has 0 amide bonds. The molecule has 1 heterocycles. The molecule has 120 valence electrons. The summed E-state index contributed by atoms with van der Waals surface area (Å²) < 4.78 is 65.9. The maximum absolute atomic E-state index is 13.7. The summed E-state index contributed by atoms with van der Waals surface area (Å²) in [5.74, 6) is -4.06. The Labute approximate surface area is 127 Å². The molecule has 0 bridgehead atoms. The zero-order valence-corrected chi connectivity index (χ0v) is 12.9. The van der Waals surface area contributed by atoms with E-state index in [-0.39, 0.29) is 24.9 Å². The third-order valence-electron chi connectivity index (χ3n) is 3.47. The molecule has 9 heteroatoms. The lowest BCUT2D eigenvalue weighted by Crippen LogP contribution is -2.35. The van der Waals surface area contributed by atoms with Crippen molar-refractivity contribution in [1.29, 1.82) is 0 Å². The maximum Gasteiger partial charge on any atom is 0.249 e. The van der Waals surface area contributed by atoms with Crippen LogP contribution in [0.25, 0.3) is 0 Å². The molecule has 1 aromatic carbocycles. The molecule has 2 unspecified atom stereocenters. The third-order valence-corrected chi connectivity index (χ3v) is 5.50. The van der Waals surface area contributed by atoms with Crippen LogP contribution in [0.2, 0.25) is 0 Å². The van der Waals surface area contributed by atoms with Gasteiger partial charge in [0, 0.05) is 24.7 Å². The maximum atomic E-state index is 13.7. The first-order valence-electron chi connectivity index (χ1n) is 6.13. The van der Waals surface area contributed by atoms with Crippen molar-refractivity contribution in [2.75, 3.05) is 13.1 Å². The van der Waals surface area contributed by atoms with E-state index in [0.29, 0.717) is 25.1 Å². The molecule has 0 radical (unpaired) electrons. The van der Waals surface area contributed by atoms with Crippen LogP contribution in [-0.4, -0.2) is 31.9 Å². The molecule has 0 spiro atoms. The molecule has 2 N–H and O–H groups in total. The monoisotopic (exact) mass is 344 g/mol. The number of nitrogens with zero attached hydrogens (tertiary/aromatic N) is 1. The minimum atomic E-state index is -4.35. The van der Waals surface area contributed by atoms with Crippen molar-refractivity contribution in [2.24, 2.45) is 11.7 Å². The van der Waals surface area contributed by atoms with Crippen molar-refractivity contribution < 1.29 is 21.6 Å². The Morgan fingerprint density at radius 1 is 1.29 bits per heavy atom. The smallest absolute Gasteiger partial charge is 0.249 e. The summed E-state index contributed by atoms with van der Waals surface area (Å²) in [5, 5.41) is 0. The van der Waals surface area contributed by atoms with Gasteiger partial charge in [-0.3, -0.25) is 0 Å². The number of halogens is 4. The average Bonchev–Trinajstić information content (AvgIpc) is 2.69. The standard InChI is InChI=1S/C12H15F3N2O2S.ClH/c1-7-2-8(5-16)6-17(7)20(18,19)12-10(14)3-9(13)4-11(12)15;/h3-4,7-8H,2,5-6,16H2,1H3;1H. The van der Waals surface area contributed by atoms with Crippen molar-refractivity contribution in [3.05, 3.63) is 29.6 Å². The van der Waals surface area contributed by atoms with Crippen LogP contribution >= 0.6 is 12.4 Å². The van der Waals surface area contributed by atoms with E-state index < -0.39 is 38.4 Å². The van der Waals surface area contributed by atoms with Gasteiger partial charge in [0.25, 0.3) is 0 Å². The van der Waals surface area contributed by atoms with E-state index in [0.717, 1.165) is 4.31 Å². The first kappa shape index (κ1) is 18.2. The van der Waals surface area contributed by atoms with Gasteiger partial charge in [-0.15, -0.1) is 12.4 Å². The second-order valence-electron chi connectivity index (χ2n) is 4.96. The Balaban J connectivity index is 0.00000220. The van der Waals surface area contributed by atoms with Crippen LogP contribution in [0.1, 0.15) is 13.3 Å². The molecule has 2 atom stereocenters. The number of benzene rings is 1. The first-order chi connectivity index (χ1) is 9.27. The number of rotatable bonds is 3. The first-order valence-corrected chi connectivity index (χ1v) is 7.57. The molecule has 0 aromatic heterocycles. The van der Waals surface area contributed by atoms with Crippen LogP contribution in [0.3, 0.4) is 0 Å². The number of hydrogen-bond acceptors (Lipinski definition) is 3. The van der Waals surface area contributed by atoms with Gasteiger partial charge in [0.2, 0.25) is 10.0 Å². The molecule has 1 aliphatic rings. The fourth-order valence-corrected chi connectivity index (χ4v) is 4.32. The second-order valence-corrected chi connectivity index (χ2v) is 6.79. The molecule has 2 rings (SSSR count). The van der Waals surface area contributed by atoms with Crippen molar-refractivity contribution in [3.63, 3.8) is 0 Å². The van der Waals surface area contributed by atoms with Crippen molar-refractivity contribution in [2.45, 2.75) is 24.3 Å².